The first-order chi connectivity index (χ1) is 9.75. The molecule has 1 aromatic heterocycles. The molecule has 0 bridgehead atoms. The van der Waals surface area contributed by atoms with E-state index < -0.39 is 5.97 Å². The normalized spacial score (nSPS) is 16.4. The van der Waals surface area contributed by atoms with Crippen molar-refractivity contribution < 1.29 is 9.90 Å². The highest BCUT2D eigenvalue weighted by molar-refractivity contribution is 8.00. The highest BCUT2D eigenvalue weighted by Gasteiger charge is 2.18. The number of benzene rings is 1. The monoisotopic (exact) mass is 287 g/mol. The average Bonchev–Trinajstić information content (AvgIpc) is 2.48. The van der Waals surface area contributed by atoms with Gasteiger partial charge in [0.15, 0.2) is 0 Å². The van der Waals surface area contributed by atoms with E-state index in [1.165, 1.54) is 38.3 Å². The molecular weight excluding hydrogens is 270 g/mol. The SMILES string of the molecule is O=C(O)c1cnc(SC2CCCCC2)c2ccccc12. The van der Waals surface area contributed by atoms with E-state index in [0.29, 0.717) is 5.25 Å². The van der Waals surface area contributed by atoms with E-state index in [1.807, 2.05) is 36.0 Å². The fraction of sp³-hybridized carbons (Fsp3) is 0.375. The van der Waals surface area contributed by atoms with Gasteiger partial charge in [0.25, 0.3) is 0 Å². The molecule has 0 unspecified atom stereocenters. The molecule has 2 aromatic rings. The Balaban J connectivity index is 1.99. The zero-order valence-electron chi connectivity index (χ0n) is 11.2. The predicted octanol–water partition coefficient (Wildman–Crippen LogP) is 4.36. The lowest BCUT2D eigenvalue weighted by molar-refractivity contribution is 0.0698. The number of nitrogens with zero attached hydrogens (tertiary/aromatic N) is 1. The quantitative estimate of drug-likeness (QED) is 0.911. The number of rotatable bonds is 3. The van der Waals surface area contributed by atoms with Gasteiger partial charge in [0, 0.05) is 22.2 Å². The fourth-order valence-corrected chi connectivity index (χ4v) is 4.08. The van der Waals surface area contributed by atoms with Crippen LogP contribution in [0.5, 0.6) is 0 Å². The van der Waals surface area contributed by atoms with E-state index in [-0.39, 0.29) is 5.56 Å². The van der Waals surface area contributed by atoms with Crippen molar-refractivity contribution in [2.24, 2.45) is 0 Å². The fourth-order valence-electron chi connectivity index (χ4n) is 2.77. The van der Waals surface area contributed by atoms with Crippen LogP contribution in [0, 0.1) is 0 Å². The van der Waals surface area contributed by atoms with E-state index in [9.17, 15) is 9.90 Å². The first-order valence-electron chi connectivity index (χ1n) is 7.03. The number of pyridine rings is 1. The summed E-state index contributed by atoms with van der Waals surface area (Å²) < 4.78 is 0. The summed E-state index contributed by atoms with van der Waals surface area (Å²) in [5.41, 5.74) is 0.286. The number of fused-ring (bicyclic) bond motifs is 1. The molecule has 1 aromatic carbocycles. The molecule has 3 rings (SSSR count). The zero-order valence-corrected chi connectivity index (χ0v) is 12.0. The second-order valence-corrected chi connectivity index (χ2v) is 6.49. The summed E-state index contributed by atoms with van der Waals surface area (Å²) in [6.45, 7) is 0. The van der Waals surface area contributed by atoms with Crippen LogP contribution in [0.1, 0.15) is 42.5 Å². The van der Waals surface area contributed by atoms with E-state index in [4.69, 9.17) is 0 Å². The summed E-state index contributed by atoms with van der Waals surface area (Å²) in [5.74, 6) is -0.914. The Hall–Kier alpha value is -1.55. The van der Waals surface area contributed by atoms with Crippen molar-refractivity contribution in [3.05, 3.63) is 36.0 Å². The second-order valence-electron chi connectivity index (χ2n) is 5.21. The maximum absolute atomic E-state index is 11.3. The first kappa shape index (κ1) is 13.4. The van der Waals surface area contributed by atoms with E-state index in [1.54, 1.807) is 0 Å². The highest BCUT2D eigenvalue weighted by atomic mass is 32.2. The van der Waals surface area contributed by atoms with Gasteiger partial charge >= 0.3 is 5.97 Å². The number of carboxylic acids is 1. The Morgan fingerprint density at radius 2 is 1.85 bits per heavy atom. The van der Waals surface area contributed by atoms with Gasteiger partial charge in [0.1, 0.15) is 5.03 Å². The van der Waals surface area contributed by atoms with Crippen LogP contribution < -0.4 is 0 Å². The standard InChI is InChI=1S/C16H17NO2S/c18-16(19)14-10-17-15(13-9-5-4-8-12(13)14)20-11-6-2-1-3-7-11/h4-5,8-11H,1-3,6-7H2,(H,18,19). The van der Waals surface area contributed by atoms with Crippen molar-refractivity contribution in [3.8, 4) is 0 Å². The van der Waals surface area contributed by atoms with E-state index >= 15 is 0 Å². The summed E-state index contributed by atoms with van der Waals surface area (Å²) in [4.78, 5) is 15.7. The molecule has 0 saturated heterocycles. The molecule has 4 heteroatoms. The lowest BCUT2D eigenvalue weighted by Gasteiger charge is -2.21. The Morgan fingerprint density at radius 1 is 1.15 bits per heavy atom. The molecular formula is C16H17NO2S. The predicted molar refractivity (Wildman–Crippen MR) is 81.4 cm³/mol. The Bertz CT molecular complexity index is 635. The lowest BCUT2D eigenvalue weighted by Crippen LogP contribution is -2.08. The van der Waals surface area contributed by atoms with Crippen molar-refractivity contribution >= 4 is 28.5 Å². The maximum Gasteiger partial charge on any atom is 0.337 e. The van der Waals surface area contributed by atoms with Crippen LogP contribution in [0.25, 0.3) is 10.8 Å². The van der Waals surface area contributed by atoms with Crippen molar-refractivity contribution in [2.75, 3.05) is 0 Å². The summed E-state index contributed by atoms with van der Waals surface area (Å²) in [7, 11) is 0. The van der Waals surface area contributed by atoms with Crippen LogP contribution in [-0.2, 0) is 0 Å². The molecule has 1 aliphatic rings. The van der Waals surface area contributed by atoms with Gasteiger partial charge in [-0.25, -0.2) is 9.78 Å². The van der Waals surface area contributed by atoms with Crippen LogP contribution in [0.2, 0.25) is 0 Å². The van der Waals surface area contributed by atoms with E-state index in [2.05, 4.69) is 4.98 Å². The van der Waals surface area contributed by atoms with Gasteiger partial charge in [-0.3, -0.25) is 0 Å². The number of carbonyl (C=O) groups is 1. The first-order valence-corrected chi connectivity index (χ1v) is 7.91. The van der Waals surface area contributed by atoms with Gasteiger partial charge in [0.2, 0.25) is 0 Å². The molecule has 20 heavy (non-hydrogen) atoms. The van der Waals surface area contributed by atoms with Crippen LogP contribution in [-0.4, -0.2) is 21.3 Å². The smallest absolute Gasteiger partial charge is 0.337 e. The Kier molecular flexibility index (Phi) is 3.92. The minimum absolute atomic E-state index is 0.286. The van der Waals surface area contributed by atoms with E-state index in [0.717, 1.165) is 15.8 Å². The Morgan fingerprint density at radius 3 is 2.55 bits per heavy atom. The van der Waals surface area contributed by atoms with Gasteiger partial charge in [0.05, 0.1) is 5.56 Å². The number of hydrogen-bond acceptors (Lipinski definition) is 3. The number of aromatic nitrogens is 1. The number of thioether (sulfide) groups is 1. The summed E-state index contributed by atoms with van der Waals surface area (Å²) in [6.07, 6.45) is 7.90. The molecule has 0 atom stereocenters. The molecule has 1 N–H and O–H groups in total. The molecule has 104 valence electrons. The van der Waals surface area contributed by atoms with Gasteiger partial charge in [-0.05, 0) is 12.8 Å². The second kappa shape index (κ2) is 5.83. The third-order valence-corrected chi connectivity index (χ3v) is 5.17. The van der Waals surface area contributed by atoms with Gasteiger partial charge in [-0.15, -0.1) is 11.8 Å². The minimum Gasteiger partial charge on any atom is -0.478 e. The van der Waals surface area contributed by atoms with Crippen LogP contribution in [0.4, 0.5) is 0 Å². The largest absolute Gasteiger partial charge is 0.478 e. The summed E-state index contributed by atoms with van der Waals surface area (Å²) in [6, 6.07) is 7.66. The third-order valence-electron chi connectivity index (χ3n) is 3.82. The van der Waals surface area contributed by atoms with Crippen molar-refractivity contribution in [1.29, 1.82) is 0 Å². The molecule has 1 fully saturated rings. The maximum atomic E-state index is 11.3. The summed E-state index contributed by atoms with van der Waals surface area (Å²) >= 11 is 1.81. The molecule has 1 aliphatic carbocycles. The van der Waals surface area contributed by atoms with Gasteiger partial charge in [-0.1, -0.05) is 43.5 Å². The number of hydrogen-bond donors (Lipinski definition) is 1. The lowest BCUT2D eigenvalue weighted by atomic mass is 10.0. The molecule has 1 heterocycles. The molecule has 0 spiro atoms. The van der Waals surface area contributed by atoms with Crippen molar-refractivity contribution in [3.63, 3.8) is 0 Å². The molecule has 0 radical (unpaired) electrons. The van der Waals surface area contributed by atoms with Crippen LogP contribution in [0.15, 0.2) is 35.5 Å². The van der Waals surface area contributed by atoms with Crippen LogP contribution in [0.3, 0.4) is 0 Å². The Labute approximate surface area is 122 Å². The van der Waals surface area contributed by atoms with Gasteiger partial charge in [-0.2, -0.15) is 0 Å². The average molecular weight is 287 g/mol. The third kappa shape index (κ3) is 2.66. The summed E-state index contributed by atoms with van der Waals surface area (Å²) in [5, 5.41) is 12.6. The highest BCUT2D eigenvalue weighted by Crippen LogP contribution is 2.36. The molecule has 0 aliphatic heterocycles. The number of aromatic carboxylic acids is 1. The number of carboxylic acid groups (broad SMARTS) is 1. The van der Waals surface area contributed by atoms with Gasteiger partial charge < -0.3 is 5.11 Å². The minimum atomic E-state index is -0.914. The molecule has 0 amide bonds. The molecule has 3 nitrogen and oxygen atoms in total. The van der Waals surface area contributed by atoms with Crippen molar-refractivity contribution in [1.82, 2.24) is 4.98 Å². The van der Waals surface area contributed by atoms with Crippen molar-refractivity contribution in [2.45, 2.75) is 42.4 Å². The van der Waals surface area contributed by atoms with Crippen LogP contribution >= 0.6 is 11.8 Å². The zero-order chi connectivity index (χ0) is 13.9. The molecule has 1 saturated carbocycles. The topological polar surface area (TPSA) is 50.2 Å².